The number of hydrogen-bond acceptors (Lipinski definition) is 5. The van der Waals surface area contributed by atoms with Crippen LogP contribution in [0.1, 0.15) is 72.2 Å². The molecule has 4 heterocycles. The molecule has 1 fully saturated rings. The second-order valence-corrected chi connectivity index (χ2v) is 8.46. The molecule has 1 saturated heterocycles. The van der Waals surface area contributed by atoms with Crippen molar-refractivity contribution in [1.29, 1.82) is 0 Å². The Bertz CT molecular complexity index is 799. The summed E-state index contributed by atoms with van der Waals surface area (Å²) < 4.78 is 2.30. The number of aryl methyl sites for hydroxylation is 1. The lowest BCUT2D eigenvalue weighted by atomic mass is 9.96. The summed E-state index contributed by atoms with van der Waals surface area (Å²) in [6.45, 7) is 2.48. The molecule has 1 atom stereocenters. The molecule has 0 bridgehead atoms. The number of Topliss-reactive ketones (excluding diaryl/α,β-unsaturated/α-hetero) is 1. The molecule has 0 aromatic carbocycles. The predicted octanol–water partition coefficient (Wildman–Crippen LogP) is 3.44. The normalized spacial score (nSPS) is 20.1. The monoisotopic (exact) mass is 386 g/mol. The third kappa shape index (κ3) is 4.13. The lowest BCUT2D eigenvalue weighted by Crippen LogP contribution is -2.40. The van der Waals surface area contributed by atoms with E-state index in [0.29, 0.717) is 19.4 Å². The largest absolute Gasteiger partial charge is 0.342 e. The molecule has 4 rings (SSSR count). The van der Waals surface area contributed by atoms with Crippen molar-refractivity contribution >= 4 is 23.0 Å². The molecule has 1 unspecified atom stereocenters. The summed E-state index contributed by atoms with van der Waals surface area (Å²) in [5, 5.41) is 10.8. The minimum atomic E-state index is 0.0645. The Balaban J connectivity index is 1.37. The van der Waals surface area contributed by atoms with Crippen LogP contribution in [0.4, 0.5) is 0 Å². The van der Waals surface area contributed by atoms with Crippen molar-refractivity contribution in [2.75, 3.05) is 13.1 Å². The Kier molecular flexibility index (Phi) is 5.66. The van der Waals surface area contributed by atoms with Crippen molar-refractivity contribution in [2.24, 2.45) is 0 Å². The molecule has 2 aliphatic rings. The lowest BCUT2D eigenvalue weighted by Gasteiger charge is -2.32. The number of rotatable bonds is 5. The van der Waals surface area contributed by atoms with Crippen LogP contribution >= 0.6 is 11.3 Å². The molecular formula is C20H26N4O2S. The van der Waals surface area contributed by atoms with Gasteiger partial charge in [0.1, 0.15) is 11.6 Å². The highest BCUT2D eigenvalue weighted by Gasteiger charge is 2.29. The number of thiophene rings is 1. The van der Waals surface area contributed by atoms with Gasteiger partial charge in [-0.3, -0.25) is 9.59 Å². The number of hydrogen-bond donors (Lipinski definition) is 0. The molecule has 0 saturated carbocycles. The summed E-state index contributed by atoms with van der Waals surface area (Å²) in [6.07, 6.45) is 7.24. The van der Waals surface area contributed by atoms with Gasteiger partial charge in [0.2, 0.25) is 5.91 Å². The summed E-state index contributed by atoms with van der Waals surface area (Å²) in [4.78, 5) is 27.5. The zero-order valence-electron chi connectivity index (χ0n) is 15.6. The molecule has 1 amide bonds. The van der Waals surface area contributed by atoms with E-state index >= 15 is 0 Å². The van der Waals surface area contributed by atoms with E-state index in [1.54, 1.807) is 0 Å². The van der Waals surface area contributed by atoms with Gasteiger partial charge in [-0.1, -0.05) is 12.5 Å². The molecule has 2 aliphatic heterocycles. The van der Waals surface area contributed by atoms with Crippen LogP contribution < -0.4 is 0 Å². The van der Waals surface area contributed by atoms with Crippen LogP contribution in [-0.2, 0) is 17.8 Å². The number of ketones is 1. The number of aromatic nitrogens is 3. The van der Waals surface area contributed by atoms with Crippen molar-refractivity contribution in [3.63, 3.8) is 0 Å². The summed E-state index contributed by atoms with van der Waals surface area (Å²) >= 11 is 1.44. The van der Waals surface area contributed by atoms with Crippen LogP contribution in [0.15, 0.2) is 17.5 Å². The van der Waals surface area contributed by atoms with Crippen molar-refractivity contribution < 1.29 is 9.59 Å². The number of likely N-dealkylation sites (tertiary alicyclic amines) is 1. The van der Waals surface area contributed by atoms with E-state index in [4.69, 9.17) is 0 Å². The van der Waals surface area contributed by atoms with Gasteiger partial charge in [0.05, 0.1) is 4.88 Å². The number of fused-ring (bicyclic) bond motifs is 1. The fourth-order valence-corrected chi connectivity index (χ4v) is 4.86. The fraction of sp³-hybridized carbons (Fsp3) is 0.600. The first-order chi connectivity index (χ1) is 13.2. The topological polar surface area (TPSA) is 68.1 Å². The van der Waals surface area contributed by atoms with E-state index in [9.17, 15) is 9.59 Å². The van der Waals surface area contributed by atoms with E-state index in [2.05, 4.69) is 14.8 Å². The summed E-state index contributed by atoms with van der Waals surface area (Å²) in [6, 6.07) is 3.70. The first kappa shape index (κ1) is 18.3. The summed E-state index contributed by atoms with van der Waals surface area (Å²) in [7, 11) is 0. The Morgan fingerprint density at radius 1 is 1.11 bits per heavy atom. The van der Waals surface area contributed by atoms with E-state index in [1.165, 1.54) is 30.6 Å². The highest BCUT2D eigenvalue weighted by molar-refractivity contribution is 7.12. The van der Waals surface area contributed by atoms with Gasteiger partial charge < -0.3 is 9.47 Å². The van der Waals surface area contributed by atoms with Crippen LogP contribution in [0, 0.1) is 0 Å². The molecule has 0 N–H and O–H groups in total. The van der Waals surface area contributed by atoms with Gasteiger partial charge in [0, 0.05) is 44.8 Å². The third-order valence-corrected chi connectivity index (χ3v) is 6.55. The second kappa shape index (κ2) is 8.33. The van der Waals surface area contributed by atoms with E-state index in [0.717, 1.165) is 48.9 Å². The molecule has 6 nitrogen and oxygen atoms in total. The molecule has 0 radical (unpaired) electrons. The number of piperidine rings is 1. The summed E-state index contributed by atoms with van der Waals surface area (Å²) in [5.74, 6) is 2.57. The van der Waals surface area contributed by atoms with E-state index < -0.39 is 0 Å². The minimum Gasteiger partial charge on any atom is -0.342 e. The first-order valence-corrected chi connectivity index (χ1v) is 10.9. The Morgan fingerprint density at radius 3 is 2.89 bits per heavy atom. The molecule has 0 aliphatic carbocycles. The average Bonchev–Trinajstić information content (AvgIpc) is 3.32. The predicted molar refractivity (Wildman–Crippen MR) is 104 cm³/mol. The Labute approximate surface area is 163 Å². The highest BCUT2D eigenvalue weighted by Crippen LogP contribution is 2.28. The average molecular weight is 387 g/mol. The van der Waals surface area contributed by atoms with Crippen LogP contribution in [-0.4, -0.2) is 44.4 Å². The van der Waals surface area contributed by atoms with E-state index in [-0.39, 0.29) is 17.6 Å². The van der Waals surface area contributed by atoms with Crippen molar-refractivity contribution in [2.45, 2.75) is 63.8 Å². The van der Waals surface area contributed by atoms with Gasteiger partial charge in [-0.2, -0.15) is 0 Å². The number of carbonyl (C=O) groups excluding carboxylic acids is 2. The van der Waals surface area contributed by atoms with Crippen molar-refractivity contribution in [3.05, 3.63) is 34.0 Å². The maximum atomic E-state index is 12.7. The molecular weight excluding hydrogens is 360 g/mol. The minimum absolute atomic E-state index is 0.0645. The Morgan fingerprint density at radius 2 is 2.04 bits per heavy atom. The lowest BCUT2D eigenvalue weighted by molar-refractivity contribution is -0.132. The number of carbonyl (C=O) groups is 2. The summed E-state index contributed by atoms with van der Waals surface area (Å²) in [5.41, 5.74) is 0. The van der Waals surface area contributed by atoms with Crippen LogP contribution in [0.2, 0.25) is 0 Å². The van der Waals surface area contributed by atoms with Crippen molar-refractivity contribution in [1.82, 2.24) is 19.7 Å². The zero-order valence-corrected chi connectivity index (χ0v) is 16.4. The molecule has 2 aromatic rings. The molecule has 144 valence electrons. The first-order valence-electron chi connectivity index (χ1n) is 9.99. The van der Waals surface area contributed by atoms with E-state index in [1.807, 2.05) is 22.4 Å². The standard InChI is InChI=1S/C20H26N4O2S/c25-16(17-7-5-13-27-17)9-10-19(26)23-11-4-6-15(14-23)20-22-21-18-8-2-1-3-12-24(18)20/h5,7,13,15H,1-4,6,8-12,14H2. The van der Waals surface area contributed by atoms with Gasteiger partial charge in [-0.15, -0.1) is 21.5 Å². The molecule has 27 heavy (non-hydrogen) atoms. The Hall–Kier alpha value is -2.02. The maximum absolute atomic E-state index is 12.7. The maximum Gasteiger partial charge on any atom is 0.223 e. The van der Waals surface area contributed by atoms with Gasteiger partial charge in [-0.05, 0) is 37.1 Å². The SMILES string of the molecule is O=C(CCC(=O)N1CCCC(c2nnc3n2CCCCC3)C1)c1cccs1. The molecule has 2 aromatic heterocycles. The number of amides is 1. The highest BCUT2D eigenvalue weighted by atomic mass is 32.1. The molecule has 7 heteroatoms. The fourth-order valence-electron chi connectivity index (χ4n) is 4.16. The van der Waals surface area contributed by atoms with Crippen LogP contribution in [0.3, 0.4) is 0 Å². The van der Waals surface area contributed by atoms with Crippen LogP contribution in [0.25, 0.3) is 0 Å². The van der Waals surface area contributed by atoms with Gasteiger partial charge in [-0.25, -0.2) is 0 Å². The van der Waals surface area contributed by atoms with Crippen molar-refractivity contribution in [3.8, 4) is 0 Å². The zero-order chi connectivity index (χ0) is 18.6. The second-order valence-electron chi connectivity index (χ2n) is 7.52. The molecule has 0 spiro atoms. The third-order valence-electron chi connectivity index (χ3n) is 5.64. The van der Waals surface area contributed by atoms with Gasteiger partial charge >= 0.3 is 0 Å². The number of nitrogens with zero attached hydrogens (tertiary/aromatic N) is 4. The quantitative estimate of drug-likeness (QED) is 0.738. The smallest absolute Gasteiger partial charge is 0.223 e. The van der Waals surface area contributed by atoms with Gasteiger partial charge in [0.15, 0.2) is 5.78 Å². The van der Waals surface area contributed by atoms with Gasteiger partial charge in [0.25, 0.3) is 0 Å². The van der Waals surface area contributed by atoms with Crippen LogP contribution in [0.5, 0.6) is 0 Å².